The lowest BCUT2D eigenvalue weighted by Crippen LogP contribution is -2.29. The molecule has 2 N–H and O–H groups in total. The van der Waals surface area contributed by atoms with Crippen LogP contribution in [0.2, 0.25) is 5.02 Å². The third kappa shape index (κ3) is 3.58. The summed E-state index contributed by atoms with van der Waals surface area (Å²) >= 11 is 5.81. The zero-order valence-electron chi connectivity index (χ0n) is 11.2. The second kappa shape index (κ2) is 6.37. The zero-order chi connectivity index (χ0) is 15.4. The Balaban J connectivity index is 2.18. The molecule has 1 aromatic carbocycles. The molecule has 0 aliphatic rings. The van der Waals surface area contributed by atoms with E-state index >= 15 is 0 Å². The molecule has 0 saturated carbocycles. The monoisotopic (exact) mass is 304 g/mol. The van der Waals surface area contributed by atoms with Crippen molar-refractivity contribution in [3.8, 4) is 0 Å². The lowest BCUT2D eigenvalue weighted by atomic mass is 10.1. The lowest BCUT2D eigenvalue weighted by Gasteiger charge is -2.14. The highest BCUT2D eigenvalue weighted by Crippen LogP contribution is 2.17. The van der Waals surface area contributed by atoms with Gasteiger partial charge >= 0.3 is 5.97 Å². The first kappa shape index (κ1) is 15.0. The molecule has 0 saturated heterocycles. The average Bonchev–Trinajstić information content (AvgIpc) is 2.47. The molecule has 1 aromatic heterocycles. The number of carboxylic acids is 1. The van der Waals surface area contributed by atoms with Gasteiger partial charge in [-0.15, -0.1) is 0 Å². The average molecular weight is 305 g/mol. The van der Waals surface area contributed by atoms with E-state index in [2.05, 4.69) is 10.3 Å². The first-order valence-corrected chi connectivity index (χ1v) is 6.61. The number of benzene rings is 1. The molecule has 1 heterocycles. The summed E-state index contributed by atoms with van der Waals surface area (Å²) < 4.78 is 0. The number of aromatic nitrogens is 1. The maximum atomic E-state index is 12.2. The van der Waals surface area contributed by atoms with E-state index in [1.54, 1.807) is 31.2 Å². The van der Waals surface area contributed by atoms with Crippen LogP contribution in [0, 0.1) is 0 Å². The topological polar surface area (TPSA) is 79.3 Å². The van der Waals surface area contributed by atoms with E-state index < -0.39 is 11.9 Å². The largest absolute Gasteiger partial charge is 0.478 e. The minimum Gasteiger partial charge on any atom is -0.478 e. The summed E-state index contributed by atoms with van der Waals surface area (Å²) in [4.78, 5) is 27.1. The molecule has 1 atom stereocenters. The first-order valence-electron chi connectivity index (χ1n) is 6.23. The minimum absolute atomic E-state index is 0.106. The maximum Gasteiger partial charge on any atom is 0.338 e. The summed E-state index contributed by atoms with van der Waals surface area (Å²) in [5.74, 6) is -1.72. The van der Waals surface area contributed by atoms with Gasteiger partial charge in [0, 0.05) is 11.2 Å². The summed E-state index contributed by atoms with van der Waals surface area (Å²) in [6.45, 7) is 1.80. The number of pyridine rings is 1. The highest BCUT2D eigenvalue weighted by Gasteiger charge is 2.19. The number of halogens is 1. The van der Waals surface area contributed by atoms with Crippen LogP contribution in [0.4, 0.5) is 0 Å². The number of amides is 1. The van der Waals surface area contributed by atoms with Gasteiger partial charge in [-0.25, -0.2) is 4.79 Å². The molecular weight excluding hydrogens is 292 g/mol. The van der Waals surface area contributed by atoms with Crippen LogP contribution in [0.15, 0.2) is 42.6 Å². The van der Waals surface area contributed by atoms with Gasteiger partial charge in [-0.05, 0) is 36.8 Å². The van der Waals surface area contributed by atoms with Gasteiger partial charge in [0.2, 0.25) is 0 Å². The van der Waals surface area contributed by atoms with E-state index in [9.17, 15) is 9.59 Å². The summed E-state index contributed by atoms with van der Waals surface area (Å²) in [6.07, 6.45) is 1.38. The molecule has 1 amide bonds. The van der Waals surface area contributed by atoms with Gasteiger partial charge in [0.15, 0.2) is 0 Å². The number of aromatic carboxylic acids is 1. The Morgan fingerprint density at radius 2 is 1.90 bits per heavy atom. The molecule has 0 fully saturated rings. The van der Waals surface area contributed by atoms with Crippen molar-refractivity contribution in [3.05, 3.63) is 64.4 Å². The highest BCUT2D eigenvalue weighted by atomic mass is 35.5. The number of nitrogens with zero attached hydrogens (tertiary/aromatic N) is 1. The van der Waals surface area contributed by atoms with Crippen LogP contribution in [0.1, 0.15) is 39.4 Å². The second-order valence-electron chi connectivity index (χ2n) is 4.45. The van der Waals surface area contributed by atoms with Crippen molar-refractivity contribution in [2.24, 2.45) is 0 Å². The SMILES string of the molecule is CC(NC(=O)c1ncccc1C(=O)O)c1ccc(Cl)cc1. The molecule has 0 radical (unpaired) electrons. The number of carbonyl (C=O) groups excluding carboxylic acids is 1. The number of nitrogens with one attached hydrogen (secondary N) is 1. The van der Waals surface area contributed by atoms with Crippen molar-refractivity contribution >= 4 is 23.5 Å². The van der Waals surface area contributed by atoms with Crippen LogP contribution in [0.25, 0.3) is 0 Å². The standard InChI is InChI=1S/C15H13ClN2O3/c1-9(10-4-6-11(16)7-5-10)18-14(19)13-12(15(20)21)3-2-8-17-13/h2-9H,1H3,(H,18,19)(H,20,21). The first-order chi connectivity index (χ1) is 9.99. The molecule has 0 aliphatic heterocycles. The summed E-state index contributed by atoms with van der Waals surface area (Å²) in [5.41, 5.74) is 0.629. The van der Waals surface area contributed by atoms with E-state index in [1.807, 2.05) is 0 Å². The molecule has 1 unspecified atom stereocenters. The molecule has 2 aromatic rings. The van der Waals surface area contributed by atoms with Crippen LogP contribution in [-0.4, -0.2) is 22.0 Å². The molecule has 2 rings (SSSR count). The van der Waals surface area contributed by atoms with Crippen LogP contribution < -0.4 is 5.32 Å². The van der Waals surface area contributed by atoms with Gasteiger partial charge in [0.1, 0.15) is 5.69 Å². The maximum absolute atomic E-state index is 12.2. The van der Waals surface area contributed by atoms with Gasteiger partial charge in [0.25, 0.3) is 5.91 Å². The quantitative estimate of drug-likeness (QED) is 0.910. The van der Waals surface area contributed by atoms with E-state index in [0.717, 1.165) is 5.56 Å². The van der Waals surface area contributed by atoms with Crippen molar-refractivity contribution in [2.75, 3.05) is 0 Å². The molecule has 6 heteroatoms. The van der Waals surface area contributed by atoms with Crippen molar-refractivity contribution in [3.63, 3.8) is 0 Å². The van der Waals surface area contributed by atoms with E-state index in [0.29, 0.717) is 5.02 Å². The number of rotatable bonds is 4. The Morgan fingerprint density at radius 1 is 1.24 bits per heavy atom. The van der Waals surface area contributed by atoms with E-state index in [1.165, 1.54) is 18.3 Å². The van der Waals surface area contributed by atoms with Gasteiger partial charge in [-0.2, -0.15) is 0 Å². The van der Waals surface area contributed by atoms with Gasteiger partial charge in [-0.1, -0.05) is 23.7 Å². The van der Waals surface area contributed by atoms with Crippen LogP contribution in [-0.2, 0) is 0 Å². The van der Waals surface area contributed by atoms with Crippen molar-refractivity contribution in [2.45, 2.75) is 13.0 Å². The predicted molar refractivity (Wildman–Crippen MR) is 78.5 cm³/mol. The van der Waals surface area contributed by atoms with Gasteiger partial charge < -0.3 is 10.4 Å². The normalized spacial score (nSPS) is 11.7. The third-order valence-electron chi connectivity index (χ3n) is 2.97. The second-order valence-corrected chi connectivity index (χ2v) is 4.89. The third-order valence-corrected chi connectivity index (χ3v) is 3.22. The van der Waals surface area contributed by atoms with Crippen LogP contribution in [0.3, 0.4) is 0 Å². The zero-order valence-corrected chi connectivity index (χ0v) is 12.0. The van der Waals surface area contributed by atoms with E-state index in [4.69, 9.17) is 16.7 Å². The van der Waals surface area contributed by atoms with Gasteiger partial charge in [-0.3, -0.25) is 9.78 Å². The Kier molecular flexibility index (Phi) is 4.55. The number of carbonyl (C=O) groups is 2. The van der Waals surface area contributed by atoms with Crippen molar-refractivity contribution < 1.29 is 14.7 Å². The number of hydrogen-bond donors (Lipinski definition) is 2. The molecule has 108 valence electrons. The Morgan fingerprint density at radius 3 is 2.52 bits per heavy atom. The van der Waals surface area contributed by atoms with E-state index in [-0.39, 0.29) is 17.3 Å². The smallest absolute Gasteiger partial charge is 0.338 e. The molecular formula is C15H13ClN2O3. The lowest BCUT2D eigenvalue weighted by molar-refractivity contribution is 0.0689. The highest BCUT2D eigenvalue weighted by molar-refractivity contribution is 6.30. The Bertz CT molecular complexity index is 671. The van der Waals surface area contributed by atoms with Crippen molar-refractivity contribution in [1.82, 2.24) is 10.3 Å². The predicted octanol–water partition coefficient (Wildman–Crippen LogP) is 2.92. The summed E-state index contributed by atoms with van der Waals surface area (Å²) in [5, 5.41) is 12.4. The fourth-order valence-electron chi connectivity index (χ4n) is 1.86. The minimum atomic E-state index is -1.19. The summed E-state index contributed by atoms with van der Waals surface area (Å²) in [7, 11) is 0. The fraction of sp³-hybridized carbons (Fsp3) is 0.133. The molecule has 0 aliphatic carbocycles. The van der Waals surface area contributed by atoms with Crippen LogP contribution in [0.5, 0.6) is 0 Å². The van der Waals surface area contributed by atoms with Gasteiger partial charge in [0.05, 0.1) is 11.6 Å². The molecule has 21 heavy (non-hydrogen) atoms. The molecule has 5 nitrogen and oxygen atoms in total. The summed E-state index contributed by atoms with van der Waals surface area (Å²) in [6, 6.07) is 9.57. The fourth-order valence-corrected chi connectivity index (χ4v) is 1.98. The Labute approximate surface area is 126 Å². The Hall–Kier alpha value is -2.40. The van der Waals surface area contributed by atoms with Crippen LogP contribution >= 0.6 is 11.6 Å². The number of hydrogen-bond acceptors (Lipinski definition) is 3. The number of carboxylic acid groups (broad SMARTS) is 1. The molecule has 0 spiro atoms. The molecule has 0 bridgehead atoms. The van der Waals surface area contributed by atoms with Crippen molar-refractivity contribution in [1.29, 1.82) is 0 Å².